The SMILES string of the molecule is Cc1cccc(NC(=O)N2CC3(C2)CS(=O)(=O)[C@@H](CN(C)C2CCCCC2)CO3)c1. The first-order valence-corrected chi connectivity index (χ1v) is 12.7. The van der Waals surface area contributed by atoms with E-state index in [2.05, 4.69) is 10.2 Å². The summed E-state index contributed by atoms with van der Waals surface area (Å²) in [4.78, 5) is 16.3. The van der Waals surface area contributed by atoms with Crippen LogP contribution in [-0.4, -0.2) is 80.2 Å². The predicted molar refractivity (Wildman–Crippen MR) is 118 cm³/mol. The van der Waals surface area contributed by atoms with Crippen LogP contribution in [0.3, 0.4) is 0 Å². The highest BCUT2D eigenvalue weighted by Gasteiger charge is 2.54. The van der Waals surface area contributed by atoms with E-state index in [1.54, 1.807) is 4.90 Å². The molecule has 2 amide bonds. The molecular weight excluding hydrogens is 402 g/mol. The molecule has 0 unspecified atom stereocenters. The third-order valence-corrected chi connectivity index (χ3v) is 8.98. The fraction of sp³-hybridized carbons (Fsp3) is 0.682. The van der Waals surface area contributed by atoms with E-state index >= 15 is 0 Å². The van der Waals surface area contributed by atoms with Crippen molar-refractivity contribution in [2.45, 2.75) is 55.9 Å². The number of likely N-dealkylation sites (tertiary alicyclic amines) is 1. The zero-order valence-electron chi connectivity index (χ0n) is 18.0. The number of nitrogens with one attached hydrogen (secondary N) is 1. The minimum atomic E-state index is -3.26. The van der Waals surface area contributed by atoms with Gasteiger partial charge in [0.05, 0.1) is 30.7 Å². The summed E-state index contributed by atoms with van der Waals surface area (Å²) in [6.07, 6.45) is 6.04. The van der Waals surface area contributed by atoms with E-state index in [0.29, 0.717) is 25.7 Å². The first-order chi connectivity index (χ1) is 14.3. The molecule has 7 nitrogen and oxygen atoms in total. The lowest BCUT2D eigenvalue weighted by molar-refractivity contribution is -0.117. The van der Waals surface area contributed by atoms with Gasteiger partial charge in [-0.25, -0.2) is 13.2 Å². The highest BCUT2D eigenvalue weighted by molar-refractivity contribution is 7.92. The van der Waals surface area contributed by atoms with Crippen LogP contribution >= 0.6 is 0 Å². The molecule has 1 aromatic carbocycles. The molecular formula is C22H33N3O4S. The molecule has 1 N–H and O–H groups in total. The average Bonchev–Trinajstić information content (AvgIpc) is 2.68. The third kappa shape index (κ3) is 4.65. The van der Waals surface area contributed by atoms with Crippen LogP contribution in [0.4, 0.5) is 10.5 Å². The van der Waals surface area contributed by atoms with E-state index in [9.17, 15) is 13.2 Å². The van der Waals surface area contributed by atoms with E-state index in [0.717, 1.165) is 24.1 Å². The number of urea groups is 1. The quantitative estimate of drug-likeness (QED) is 0.787. The number of ether oxygens (including phenoxy) is 1. The Kier molecular flexibility index (Phi) is 6.10. The van der Waals surface area contributed by atoms with Gasteiger partial charge in [-0.2, -0.15) is 0 Å². The second-order valence-corrected chi connectivity index (χ2v) is 11.6. The summed E-state index contributed by atoms with van der Waals surface area (Å²) in [5.41, 5.74) is 1.06. The van der Waals surface area contributed by atoms with Crippen LogP contribution in [0.1, 0.15) is 37.7 Å². The maximum atomic E-state index is 13.0. The molecule has 4 rings (SSSR count). The van der Waals surface area contributed by atoms with Gasteiger partial charge in [-0.1, -0.05) is 31.4 Å². The molecule has 1 aromatic rings. The van der Waals surface area contributed by atoms with Crippen LogP contribution in [0.15, 0.2) is 24.3 Å². The van der Waals surface area contributed by atoms with Gasteiger partial charge in [-0.3, -0.25) is 0 Å². The number of anilines is 1. The lowest BCUT2D eigenvalue weighted by Crippen LogP contribution is -2.71. The minimum Gasteiger partial charge on any atom is -0.369 e. The van der Waals surface area contributed by atoms with Crippen molar-refractivity contribution in [1.82, 2.24) is 9.80 Å². The smallest absolute Gasteiger partial charge is 0.322 e. The van der Waals surface area contributed by atoms with Crippen molar-refractivity contribution in [3.8, 4) is 0 Å². The highest BCUT2D eigenvalue weighted by atomic mass is 32.2. The van der Waals surface area contributed by atoms with Crippen LogP contribution in [0.2, 0.25) is 0 Å². The maximum absolute atomic E-state index is 13.0. The van der Waals surface area contributed by atoms with Crippen molar-refractivity contribution in [3.63, 3.8) is 0 Å². The Hall–Kier alpha value is -1.64. The maximum Gasteiger partial charge on any atom is 0.322 e. The molecule has 1 spiro atoms. The second kappa shape index (κ2) is 8.48. The van der Waals surface area contributed by atoms with Gasteiger partial charge in [0, 0.05) is 18.3 Å². The fourth-order valence-corrected chi connectivity index (χ4v) is 6.93. The van der Waals surface area contributed by atoms with E-state index in [-0.39, 0.29) is 18.4 Å². The van der Waals surface area contributed by atoms with Gasteiger partial charge in [0.25, 0.3) is 0 Å². The van der Waals surface area contributed by atoms with Gasteiger partial charge >= 0.3 is 6.03 Å². The van der Waals surface area contributed by atoms with Crippen LogP contribution in [0, 0.1) is 6.92 Å². The first-order valence-electron chi connectivity index (χ1n) is 10.9. The monoisotopic (exact) mass is 435 g/mol. The van der Waals surface area contributed by atoms with Crippen molar-refractivity contribution in [1.29, 1.82) is 0 Å². The summed E-state index contributed by atoms with van der Waals surface area (Å²) in [7, 11) is -1.23. The Bertz CT molecular complexity index is 876. The number of nitrogens with zero attached hydrogens (tertiary/aromatic N) is 2. The largest absolute Gasteiger partial charge is 0.369 e. The Morgan fingerprint density at radius 1 is 1.27 bits per heavy atom. The number of sulfone groups is 1. The number of amides is 2. The van der Waals surface area contributed by atoms with Gasteiger partial charge in [-0.15, -0.1) is 0 Å². The zero-order valence-corrected chi connectivity index (χ0v) is 18.8. The fourth-order valence-electron chi connectivity index (χ4n) is 4.96. The summed E-state index contributed by atoms with van der Waals surface area (Å²) in [5.74, 6) is -0.00258. The topological polar surface area (TPSA) is 79.0 Å². The number of carbonyl (C=O) groups is 1. The second-order valence-electron chi connectivity index (χ2n) is 9.31. The van der Waals surface area contributed by atoms with Crippen LogP contribution in [0.5, 0.6) is 0 Å². The van der Waals surface area contributed by atoms with E-state index in [4.69, 9.17) is 4.74 Å². The molecule has 0 radical (unpaired) electrons. The molecule has 8 heteroatoms. The number of carbonyl (C=O) groups excluding carboxylic acids is 1. The zero-order chi connectivity index (χ0) is 21.4. The van der Waals surface area contributed by atoms with Crippen LogP contribution in [-0.2, 0) is 14.6 Å². The average molecular weight is 436 g/mol. The van der Waals surface area contributed by atoms with Gasteiger partial charge in [0.1, 0.15) is 5.60 Å². The number of hydrogen-bond donors (Lipinski definition) is 1. The van der Waals surface area contributed by atoms with Gasteiger partial charge in [0.15, 0.2) is 9.84 Å². The van der Waals surface area contributed by atoms with Crippen molar-refractivity contribution < 1.29 is 17.9 Å². The third-order valence-electron chi connectivity index (χ3n) is 6.75. The molecule has 2 aliphatic heterocycles. The molecule has 1 saturated carbocycles. The van der Waals surface area contributed by atoms with E-state index in [1.165, 1.54) is 19.3 Å². The standard InChI is InChI=1S/C22H33N3O4S/c1-17-7-6-8-18(11-17)23-21(26)25-14-22(15-25)16-30(27,28)20(13-29-22)12-24(2)19-9-4-3-5-10-19/h6-8,11,19-20H,3-5,9-10,12-16H2,1-2H3,(H,23,26)/t20-/m0/s1. The lowest BCUT2D eigenvalue weighted by Gasteiger charge is -2.52. The summed E-state index contributed by atoms with van der Waals surface area (Å²) < 4.78 is 32.0. The summed E-state index contributed by atoms with van der Waals surface area (Å²) >= 11 is 0. The van der Waals surface area contributed by atoms with Crippen LogP contribution < -0.4 is 5.32 Å². The molecule has 1 aliphatic carbocycles. The van der Waals surface area contributed by atoms with Crippen LogP contribution in [0.25, 0.3) is 0 Å². The molecule has 0 bridgehead atoms. The molecule has 1 atom stereocenters. The molecule has 30 heavy (non-hydrogen) atoms. The van der Waals surface area contributed by atoms with Gasteiger partial charge in [-0.05, 0) is 44.5 Å². The summed E-state index contributed by atoms with van der Waals surface area (Å²) in [5, 5.41) is 2.39. The molecule has 3 aliphatic rings. The van der Waals surface area contributed by atoms with Crippen molar-refractivity contribution in [3.05, 3.63) is 29.8 Å². The van der Waals surface area contributed by atoms with Crippen molar-refractivity contribution in [2.24, 2.45) is 0 Å². The number of rotatable bonds is 4. The summed E-state index contributed by atoms with van der Waals surface area (Å²) in [6.45, 7) is 3.34. The van der Waals surface area contributed by atoms with E-state index < -0.39 is 20.7 Å². The Labute approximate surface area is 179 Å². The molecule has 0 aromatic heterocycles. The number of hydrogen-bond acceptors (Lipinski definition) is 5. The van der Waals surface area contributed by atoms with Crippen molar-refractivity contribution >= 4 is 21.6 Å². The predicted octanol–water partition coefficient (Wildman–Crippen LogP) is 2.66. The minimum absolute atomic E-state index is 0.00258. The number of aryl methyl sites for hydroxylation is 1. The van der Waals surface area contributed by atoms with E-state index in [1.807, 2.05) is 38.2 Å². The molecule has 2 heterocycles. The Morgan fingerprint density at radius 3 is 2.67 bits per heavy atom. The first kappa shape index (κ1) is 21.6. The van der Waals surface area contributed by atoms with Crippen molar-refractivity contribution in [2.75, 3.05) is 44.4 Å². The molecule has 166 valence electrons. The normalized spacial score (nSPS) is 25.8. The lowest BCUT2D eigenvalue weighted by atomic mass is 9.94. The highest BCUT2D eigenvalue weighted by Crippen LogP contribution is 2.34. The summed E-state index contributed by atoms with van der Waals surface area (Å²) in [6, 6.07) is 7.87. The number of benzene rings is 1. The molecule has 2 saturated heterocycles. The Morgan fingerprint density at radius 2 is 2.00 bits per heavy atom. The Balaban J connectivity index is 1.30. The van der Waals surface area contributed by atoms with Gasteiger partial charge in [0.2, 0.25) is 0 Å². The van der Waals surface area contributed by atoms with Gasteiger partial charge < -0.3 is 19.9 Å². The molecule has 3 fully saturated rings.